The Kier molecular flexibility index (Phi) is 5.31. The van der Waals surface area contributed by atoms with E-state index in [1.54, 1.807) is 0 Å². The topological polar surface area (TPSA) is 52.7 Å². The number of carbonyl (C=O) groups excluding carboxylic acids is 2. The summed E-state index contributed by atoms with van der Waals surface area (Å²) in [5.74, 6) is -0.119. The lowest BCUT2D eigenvalue weighted by Crippen LogP contribution is -2.53. The molecular formula is C24H29N3O2. The Labute approximate surface area is 172 Å². The molecule has 1 saturated heterocycles. The number of aryl methyl sites for hydroxylation is 1. The van der Waals surface area contributed by atoms with E-state index >= 15 is 0 Å². The highest BCUT2D eigenvalue weighted by molar-refractivity contribution is 6.07. The number of hydrogen-bond donors (Lipinski definition) is 1. The lowest BCUT2D eigenvalue weighted by molar-refractivity contribution is -0.144. The van der Waals surface area contributed by atoms with E-state index in [9.17, 15) is 9.59 Å². The lowest BCUT2D eigenvalue weighted by atomic mass is 10.0. The molecule has 1 aliphatic heterocycles. The van der Waals surface area contributed by atoms with Gasteiger partial charge in [0.2, 0.25) is 11.8 Å². The van der Waals surface area contributed by atoms with Crippen molar-refractivity contribution in [3.05, 3.63) is 65.2 Å². The van der Waals surface area contributed by atoms with E-state index in [0.29, 0.717) is 32.5 Å². The number of nitrogens with zero attached hydrogens (tertiary/aromatic N) is 2. The van der Waals surface area contributed by atoms with E-state index in [1.807, 2.05) is 35.2 Å². The van der Waals surface area contributed by atoms with Crippen LogP contribution in [-0.2, 0) is 16.1 Å². The number of nitrogens with one attached hydrogen (secondary N) is 1. The Bertz CT molecular complexity index is 898. The second kappa shape index (κ2) is 7.90. The molecule has 2 aromatic carbocycles. The fourth-order valence-electron chi connectivity index (χ4n) is 4.14. The Morgan fingerprint density at radius 2 is 1.62 bits per heavy atom. The molecular weight excluding hydrogens is 362 g/mol. The smallest absolute Gasteiger partial charge is 0.238 e. The van der Waals surface area contributed by atoms with Crippen molar-refractivity contribution >= 4 is 17.5 Å². The van der Waals surface area contributed by atoms with Crippen molar-refractivity contribution in [2.75, 3.05) is 31.1 Å². The quantitative estimate of drug-likeness (QED) is 0.797. The number of hydrogen-bond acceptors (Lipinski definition) is 3. The molecule has 2 fully saturated rings. The maximum absolute atomic E-state index is 13.1. The average molecular weight is 392 g/mol. The standard InChI is InChI=1S/C24H29N3O2/c1-18-7-6-10-21(19(18)2)26-13-15-27(16-14-26)23(29)24(11-12-24)22(28)25-17-20-8-4-3-5-9-20/h3-10H,11-17H2,1-2H3,(H,25,28). The fourth-order valence-corrected chi connectivity index (χ4v) is 4.14. The van der Waals surface area contributed by atoms with Gasteiger partial charge in [0.25, 0.3) is 0 Å². The molecule has 5 nitrogen and oxygen atoms in total. The van der Waals surface area contributed by atoms with Crippen molar-refractivity contribution in [2.45, 2.75) is 33.2 Å². The normalized spacial score (nSPS) is 17.7. The van der Waals surface area contributed by atoms with Gasteiger partial charge in [-0.05, 0) is 49.4 Å². The Balaban J connectivity index is 1.35. The summed E-state index contributed by atoms with van der Waals surface area (Å²) in [7, 11) is 0. The highest BCUT2D eigenvalue weighted by Gasteiger charge is 2.58. The molecule has 1 N–H and O–H groups in total. The Hall–Kier alpha value is -2.82. The molecule has 0 aromatic heterocycles. The predicted octanol–water partition coefficient (Wildman–Crippen LogP) is 3.05. The van der Waals surface area contributed by atoms with Crippen LogP contribution in [-0.4, -0.2) is 42.9 Å². The summed E-state index contributed by atoms with van der Waals surface area (Å²) >= 11 is 0. The van der Waals surface area contributed by atoms with E-state index in [2.05, 4.69) is 42.3 Å². The first-order chi connectivity index (χ1) is 14.0. The van der Waals surface area contributed by atoms with Crippen LogP contribution in [0, 0.1) is 19.3 Å². The van der Waals surface area contributed by atoms with Crippen molar-refractivity contribution in [3.63, 3.8) is 0 Å². The maximum Gasteiger partial charge on any atom is 0.238 e. The Morgan fingerprint density at radius 3 is 2.28 bits per heavy atom. The summed E-state index contributed by atoms with van der Waals surface area (Å²) < 4.78 is 0. The summed E-state index contributed by atoms with van der Waals surface area (Å²) in [5.41, 5.74) is 4.04. The zero-order chi connectivity index (χ0) is 20.4. The zero-order valence-electron chi connectivity index (χ0n) is 17.3. The van der Waals surface area contributed by atoms with Crippen LogP contribution in [0.5, 0.6) is 0 Å². The van der Waals surface area contributed by atoms with Crippen LogP contribution >= 0.6 is 0 Å². The molecule has 2 aromatic rings. The molecule has 1 aliphatic carbocycles. The van der Waals surface area contributed by atoms with Gasteiger partial charge in [-0.25, -0.2) is 0 Å². The largest absolute Gasteiger partial charge is 0.368 e. The highest BCUT2D eigenvalue weighted by Crippen LogP contribution is 2.47. The first-order valence-corrected chi connectivity index (χ1v) is 10.4. The van der Waals surface area contributed by atoms with E-state index in [0.717, 1.165) is 18.7 Å². The SMILES string of the molecule is Cc1cccc(N2CCN(C(=O)C3(C(=O)NCc4ccccc4)CC3)CC2)c1C. The lowest BCUT2D eigenvalue weighted by Gasteiger charge is -2.38. The van der Waals surface area contributed by atoms with Crippen LogP contribution in [0.15, 0.2) is 48.5 Å². The number of carbonyl (C=O) groups is 2. The molecule has 29 heavy (non-hydrogen) atoms. The van der Waals surface area contributed by atoms with Gasteiger partial charge in [-0.1, -0.05) is 42.5 Å². The second-order valence-corrected chi connectivity index (χ2v) is 8.25. The summed E-state index contributed by atoms with van der Waals surface area (Å²) in [6.45, 7) is 7.69. The molecule has 4 rings (SSSR count). The van der Waals surface area contributed by atoms with Crippen LogP contribution in [0.2, 0.25) is 0 Å². The fraction of sp³-hybridized carbons (Fsp3) is 0.417. The Morgan fingerprint density at radius 1 is 0.931 bits per heavy atom. The monoisotopic (exact) mass is 391 g/mol. The molecule has 5 heteroatoms. The minimum Gasteiger partial charge on any atom is -0.368 e. The average Bonchev–Trinajstić information content (AvgIpc) is 3.56. The molecule has 2 aliphatic rings. The van der Waals surface area contributed by atoms with E-state index in [1.165, 1.54) is 16.8 Å². The van der Waals surface area contributed by atoms with Crippen molar-refractivity contribution in [3.8, 4) is 0 Å². The van der Waals surface area contributed by atoms with Crippen LogP contribution < -0.4 is 10.2 Å². The minimum absolute atomic E-state index is 0.00340. The van der Waals surface area contributed by atoms with Gasteiger partial charge in [0.15, 0.2) is 0 Å². The summed E-state index contributed by atoms with van der Waals surface area (Å²) in [5, 5.41) is 2.97. The summed E-state index contributed by atoms with van der Waals surface area (Å²) in [6, 6.07) is 16.2. The molecule has 0 bridgehead atoms. The van der Waals surface area contributed by atoms with Crippen LogP contribution in [0.1, 0.15) is 29.5 Å². The van der Waals surface area contributed by atoms with Gasteiger partial charge in [0, 0.05) is 38.4 Å². The molecule has 0 unspecified atom stereocenters. The molecule has 1 heterocycles. The molecule has 2 amide bonds. The second-order valence-electron chi connectivity index (χ2n) is 8.25. The number of rotatable bonds is 5. The summed E-state index contributed by atoms with van der Waals surface area (Å²) in [4.78, 5) is 30.2. The number of piperazine rings is 1. The van der Waals surface area contributed by atoms with Gasteiger partial charge < -0.3 is 15.1 Å². The molecule has 0 atom stereocenters. The first-order valence-electron chi connectivity index (χ1n) is 10.4. The first kappa shape index (κ1) is 19.5. The van der Waals surface area contributed by atoms with Crippen LogP contribution in [0.3, 0.4) is 0 Å². The van der Waals surface area contributed by atoms with Gasteiger partial charge in [0.05, 0.1) is 0 Å². The van der Waals surface area contributed by atoms with Gasteiger partial charge in [0.1, 0.15) is 5.41 Å². The predicted molar refractivity (Wildman–Crippen MR) is 115 cm³/mol. The number of benzene rings is 2. The molecule has 0 spiro atoms. The summed E-state index contributed by atoms with van der Waals surface area (Å²) in [6.07, 6.45) is 1.31. The minimum atomic E-state index is -0.837. The van der Waals surface area contributed by atoms with E-state index < -0.39 is 5.41 Å². The van der Waals surface area contributed by atoms with Crippen molar-refractivity contribution in [1.29, 1.82) is 0 Å². The maximum atomic E-state index is 13.1. The third-order valence-corrected chi connectivity index (χ3v) is 6.37. The van der Waals surface area contributed by atoms with Crippen molar-refractivity contribution < 1.29 is 9.59 Å². The third kappa shape index (κ3) is 3.86. The molecule has 1 saturated carbocycles. The van der Waals surface area contributed by atoms with Gasteiger partial charge >= 0.3 is 0 Å². The number of anilines is 1. The highest BCUT2D eigenvalue weighted by atomic mass is 16.2. The third-order valence-electron chi connectivity index (χ3n) is 6.37. The van der Waals surface area contributed by atoms with Gasteiger partial charge in [-0.2, -0.15) is 0 Å². The van der Waals surface area contributed by atoms with Gasteiger partial charge in [-0.15, -0.1) is 0 Å². The van der Waals surface area contributed by atoms with Crippen LogP contribution in [0.25, 0.3) is 0 Å². The van der Waals surface area contributed by atoms with Crippen molar-refractivity contribution in [1.82, 2.24) is 10.2 Å². The zero-order valence-corrected chi connectivity index (χ0v) is 17.3. The number of amides is 2. The van der Waals surface area contributed by atoms with Crippen molar-refractivity contribution in [2.24, 2.45) is 5.41 Å². The van der Waals surface area contributed by atoms with Crippen LogP contribution in [0.4, 0.5) is 5.69 Å². The molecule has 0 radical (unpaired) electrons. The van der Waals surface area contributed by atoms with E-state index in [4.69, 9.17) is 0 Å². The van der Waals surface area contributed by atoms with E-state index in [-0.39, 0.29) is 11.8 Å². The molecule has 152 valence electrons. The van der Waals surface area contributed by atoms with Gasteiger partial charge in [-0.3, -0.25) is 9.59 Å².